The van der Waals surface area contributed by atoms with Crippen molar-refractivity contribution in [3.05, 3.63) is 104 Å². The molecule has 1 saturated heterocycles. The van der Waals surface area contributed by atoms with Crippen molar-refractivity contribution < 1.29 is 23.5 Å². The van der Waals surface area contributed by atoms with Gasteiger partial charge in [-0.05, 0) is 61.0 Å². The van der Waals surface area contributed by atoms with E-state index in [2.05, 4.69) is 5.32 Å². The number of carbonyl (C=O) groups excluding carboxylic acids is 3. The number of halogens is 1. The zero-order valence-corrected chi connectivity index (χ0v) is 23.6. The molecule has 3 atom stereocenters. The molecule has 3 heterocycles. The molecule has 2 aliphatic heterocycles. The summed E-state index contributed by atoms with van der Waals surface area (Å²) in [5.74, 6) is -2.56. The van der Waals surface area contributed by atoms with Crippen LogP contribution >= 0.6 is 23.1 Å². The number of thioether (sulfide) groups is 1. The summed E-state index contributed by atoms with van der Waals surface area (Å²) in [5.41, 5.74) is 2.66. The van der Waals surface area contributed by atoms with Crippen LogP contribution in [0.2, 0.25) is 0 Å². The van der Waals surface area contributed by atoms with E-state index < -0.39 is 40.6 Å². The number of anilines is 2. The van der Waals surface area contributed by atoms with Gasteiger partial charge < -0.3 is 10.1 Å². The Kier molecular flexibility index (Phi) is 7.00. The summed E-state index contributed by atoms with van der Waals surface area (Å²) >= 11 is 2.07. The second kappa shape index (κ2) is 10.6. The van der Waals surface area contributed by atoms with E-state index in [0.29, 0.717) is 32.6 Å². The van der Waals surface area contributed by atoms with Crippen LogP contribution < -0.4 is 19.8 Å². The monoisotopic (exact) mass is 589 g/mol. The molecule has 1 fully saturated rings. The third-order valence-corrected chi connectivity index (χ3v) is 9.85. The molecule has 0 aliphatic carbocycles. The Bertz CT molecular complexity index is 1720. The number of amides is 3. The SMILES string of the molecule is COc1ccc(N2C(=O)[C@H]3[C@H](c4ccc(F)cc4)c4sc(=O)n(CC(=O)Nc5ccc(C)cc5)c4S[C@H]3C2=O)cc1. The molecule has 3 aromatic carbocycles. The molecule has 0 saturated carbocycles. The third kappa shape index (κ3) is 4.85. The first-order valence-corrected chi connectivity index (χ1v) is 14.5. The molecule has 1 aromatic heterocycles. The summed E-state index contributed by atoms with van der Waals surface area (Å²) in [6.07, 6.45) is 0. The maximum absolute atomic E-state index is 13.9. The lowest BCUT2D eigenvalue weighted by Crippen LogP contribution is -2.33. The quantitative estimate of drug-likeness (QED) is 0.325. The number of nitrogens with zero attached hydrogens (tertiary/aromatic N) is 2. The van der Waals surface area contributed by atoms with Crippen molar-refractivity contribution in [3.8, 4) is 5.75 Å². The largest absolute Gasteiger partial charge is 0.497 e. The van der Waals surface area contributed by atoms with Crippen molar-refractivity contribution in [2.75, 3.05) is 17.3 Å². The zero-order chi connectivity index (χ0) is 28.8. The maximum atomic E-state index is 13.9. The fraction of sp³-hybridized carbons (Fsp3) is 0.200. The highest BCUT2D eigenvalue weighted by molar-refractivity contribution is 8.00. The Hall–Kier alpha value is -4.22. The molecule has 4 aromatic rings. The second-order valence-electron chi connectivity index (χ2n) is 9.84. The molecule has 1 N–H and O–H groups in total. The molecular formula is C30H24FN3O5S2. The van der Waals surface area contributed by atoms with E-state index in [1.54, 1.807) is 48.5 Å². The van der Waals surface area contributed by atoms with Gasteiger partial charge in [0.05, 0.1) is 23.7 Å². The van der Waals surface area contributed by atoms with E-state index >= 15 is 0 Å². The fourth-order valence-electron chi connectivity index (χ4n) is 5.25. The molecular weight excluding hydrogens is 565 g/mol. The summed E-state index contributed by atoms with van der Waals surface area (Å²) in [6, 6.07) is 19.7. The number of imide groups is 1. The van der Waals surface area contributed by atoms with E-state index in [1.807, 2.05) is 19.1 Å². The average Bonchev–Trinajstić information content (AvgIpc) is 3.41. The van der Waals surface area contributed by atoms with Crippen LogP contribution in [0.25, 0.3) is 0 Å². The Morgan fingerprint density at radius 1 is 0.951 bits per heavy atom. The second-order valence-corrected chi connectivity index (χ2v) is 12.0. The molecule has 8 nitrogen and oxygen atoms in total. The van der Waals surface area contributed by atoms with Gasteiger partial charge in [0.25, 0.3) is 0 Å². The van der Waals surface area contributed by atoms with Gasteiger partial charge in [0.15, 0.2) is 0 Å². The number of rotatable bonds is 6. The Balaban J connectivity index is 1.39. The highest BCUT2D eigenvalue weighted by Crippen LogP contribution is 2.53. The fourth-order valence-corrected chi connectivity index (χ4v) is 8.02. The Morgan fingerprint density at radius 2 is 1.63 bits per heavy atom. The smallest absolute Gasteiger partial charge is 0.308 e. The van der Waals surface area contributed by atoms with Crippen LogP contribution in [0.15, 0.2) is 82.6 Å². The summed E-state index contributed by atoms with van der Waals surface area (Å²) in [5, 5.41) is 2.43. The lowest BCUT2D eigenvalue weighted by Gasteiger charge is -2.30. The minimum atomic E-state index is -0.840. The van der Waals surface area contributed by atoms with Gasteiger partial charge in [-0.2, -0.15) is 0 Å². The van der Waals surface area contributed by atoms with Gasteiger partial charge >= 0.3 is 4.87 Å². The number of nitrogens with one attached hydrogen (secondary N) is 1. The number of aromatic nitrogens is 1. The minimum absolute atomic E-state index is 0.261. The molecule has 0 radical (unpaired) electrons. The summed E-state index contributed by atoms with van der Waals surface area (Å²) in [7, 11) is 1.53. The van der Waals surface area contributed by atoms with Crippen LogP contribution in [-0.2, 0) is 20.9 Å². The molecule has 0 spiro atoms. The number of fused-ring (bicyclic) bond motifs is 2. The van der Waals surface area contributed by atoms with Crippen molar-refractivity contribution in [3.63, 3.8) is 0 Å². The highest BCUT2D eigenvalue weighted by Gasteiger charge is 2.56. The number of thiazole rings is 1. The van der Waals surface area contributed by atoms with Crippen LogP contribution in [0.4, 0.5) is 15.8 Å². The normalized spacial score (nSPS) is 19.6. The number of ether oxygens (including phenoxy) is 1. The van der Waals surface area contributed by atoms with Crippen molar-refractivity contribution in [1.82, 2.24) is 4.57 Å². The topological polar surface area (TPSA) is 97.7 Å². The van der Waals surface area contributed by atoms with Crippen LogP contribution in [-0.4, -0.2) is 34.6 Å². The summed E-state index contributed by atoms with van der Waals surface area (Å²) in [4.78, 5) is 55.3. The first-order valence-electron chi connectivity index (χ1n) is 12.8. The van der Waals surface area contributed by atoms with Gasteiger partial charge in [0.1, 0.15) is 23.4 Å². The van der Waals surface area contributed by atoms with Gasteiger partial charge in [0, 0.05) is 16.5 Å². The lowest BCUT2D eigenvalue weighted by molar-refractivity contribution is -0.122. The van der Waals surface area contributed by atoms with Crippen molar-refractivity contribution in [2.24, 2.45) is 5.92 Å². The number of benzene rings is 3. The number of hydrogen-bond donors (Lipinski definition) is 1. The lowest BCUT2D eigenvalue weighted by atomic mass is 9.83. The van der Waals surface area contributed by atoms with E-state index in [9.17, 15) is 23.6 Å². The summed E-state index contributed by atoms with van der Waals surface area (Å²) in [6.45, 7) is 1.68. The molecule has 41 heavy (non-hydrogen) atoms. The molecule has 3 amide bonds. The van der Waals surface area contributed by atoms with E-state index in [4.69, 9.17) is 4.74 Å². The molecule has 0 bridgehead atoms. The first-order chi connectivity index (χ1) is 19.7. The van der Waals surface area contributed by atoms with Crippen LogP contribution in [0.3, 0.4) is 0 Å². The van der Waals surface area contributed by atoms with E-state index in [-0.39, 0.29) is 11.4 Å². The molecule has 2 aliphatic rings. The van der Waals surface area contributed by atoms with Crippen molar-refractivity contribution in [1.29, 1.82) is 0 Å². The first kappa shape index (κ1) is 27.0. The van der Waals surface area contributed by atoms with Gasteiger partial charge in [0.2, 0.25) is 17.7 Å². The number of hydrogen-bond acceptors (Lipinski definition) is 7. The average molecular weight is 590 g/mol. The Morgan fingerprint density at radius 3 is 2.29 bits per heavy atom. The predicted octanol–water partition coefficient (Wildman–Crippen LogP) is 4.80. The van der Waals surface area contributed by atoms with E-state index in [0.717, 1.165) is 28.7 Å². The molecule has 11 heteroatoms. The molecule has 6 rings (SSSR count). The minimum Gasteiger partial charge on any atom is -0.497 e. The molecule has 208 valence electrons. The highest BCUT2D eigenvalue weighted by atomic mass is 32.2. The standard InChI is InChI=1S/C30H24FN3O5S2/c1-16-3-9-19(10-4-16)32-22(35)15-33-29-26(41-30(33)38)23(17-5-7-18(31)8-6-17)24-25(40-29)28(37)34(27(24)36)20-11-13-21(39-2)14-12-20/h3-14,23-25H,15H2,1-2H3,(H,32,35)/t23-,24-,25+/m0/s1. The number of aryl methyl sites for hydroxylation is 1. The predicted molar refractivity (Wildman–Crippen MR) is 155 cm³/mol. The van der Waals surface area contributed by atoms with Crippen molar-refractivity contribution >= 4 is 52.2 Å². The van der Waals surface area contributed by atoms with E-state index in [1.165, 1.54) is 28.7 Å². The van der Waals surface area contributed by atoms with Crippen LogP contribution in [0, 0.1) is 18.7 Å². The zero-order valence-electron chi connectivity index (χ0n) is 22.0. The van der Waals surface area contributed by atoms with Crippen LogP contribution in [0.1, 0.15) is 21.9 Å². The van der Waals surface area contributed by atoms with Gasteiger partial charge in [-0.1, -0.05) is 52.9 Å². The van der Waals surface area contributed by atoms with Gasteiger partial charge in [-0.25, -0.2) is 9.29 Å². The number of methoxy groups -OCH3 is 1. The maximum Gasteiger partial charge on any atom is 0.308 e. The van der Waals surface area contributed by atoms with Gasteiger partial charge in [-0.15, -0.1) is 0 Å². The Labute approximate surface area is 242 Å². The molecule has 0 unspecified atom stereocenters. The van der Waals surface area contributed by atoms with Gasteiger partial charge in [-0.3, -0.25) is 23.7 Å². The third-order valence-electron chi connectivity index (χ3n) is 7.25. The summed E-state index contributed by atoms with van der Waals surface area (Å²) < 4.78 is 20.4. The van der Waals surface area contributed by atoms with Crippen molar-refractivity contribution in [2.45, 2.75) is 29.7 Å². The van der Waals surface area contributed by atoms with Crippen LogP contribution in [0.5, 0.6) is 5.75 Å². The number of carbonyl (C=O) groups is 3.